The van der Waals surface area contributed by atoms with Crippen molar-refractivity contribution in [3.05, 3.63) is 42.2 Å². The molecule has 7 heteroatoms. The largest absolute Gasteiger partial charge is 0.377 e. The van der Waals surface area contributed by atoms with Crippen LogP contribution in [0, 0.1) is 0 Å². The van der Waals surface area contributed by atoms with Crippen molar-refractivity contribution in [2.45, 2.75) is 39.0 Å². The average molecular weight is 344 g/mol. The van der Waals surface area contributed by atoms with Crippen LogP contribution in [0.15, 0.2) is 36.7 Å². The molecule has 2 aromatic rings. The number of hydrogen-bond acceptors (Lipinski definition) is 4. The maximum absolute atomic E-state index is 12.1. The van der Waals surface area contributed by atoms with Crippen molar-refractivity contribution in [3.63, 3.8) is 0 Å². The number of hydrogen-bond donors (Lipinski definition) is 2. The van der Waals surface area contributed by atoms with Gasteiger partial charge in [-0.2, -0.15) is 5.10 Å². The topological polar surface area (TPSA) is 77.4 Å². The molecule has 1 saturated heterocycles. The summed E-state index contributed by atoms with van der Waals surface area (Å²) in [6.45, 7) is 4.68. The summed E-state index contributed by atoms with van der Waals surface area (Å²) in [5.41, 5.74) is 2.39. The third kappa shape index (κ3) is 5.30. The van der Waals surface area contributed by atoms with Crippen LogP contribution >= 0.6 is 0 Å². The van der Waals surface area contributed by atoms with E-state index in [1.807, 2.05) is 37.4 Å². The van der Waals surface area contributed by atoms with Crippen molar-refractivity contribution in [3.8, 4) is 0 Å². The summed E-state index contributed by atoms with van der Waals surface area (Å²) >= 11 is 0. The second kappa shape index (κ2) is 8.64. The number of benzene rings is 1. The molecule has 1 aromatic carbocycles. The molecule has 2 heterocycles. The van der Waals surface area contributed by atoms with Crippen LogP contribution in [0.4, 0.5) is 16.2 Å². The zero-order chi connectivity index (χ0) is 17.5. The molecular weight excluding hydrogens is 320 g/mol. The maximum atomic E-state index is 12.1. The van der Waals surface area contributed by atoms with Gasteiger partial charge in [0.2, 0.25) is 0 Å². The Morgan fingerprint density at radius 3 is 3.08 bits per heavy atom. The molecule has 0 spiro atoms. The predicted octanol–water partition coefficient (Wildman–Crippen LogP) is 3.24. The molecular formula is C18H24N4O3. The van der Waals surface area contributed by atoms with Gasteiger partial charge in [-0.3, -0.25) is 4.68 Å². The van der Waals surface area contributed by atoms with E-state index < -0.39 is 0 Å². The Balaban J connectivity index is 1.51. The number of urea groups is 1. The minimum atomic E-state index is -0.301. The van der Waals surface area contributed by atoms with E-state index in [0.717, 1.165) is 30.7 Å². The third-order valence-electron chi connectivity index (χ3n) is 3.96. The van der Waals surface area contributed by atoms with Crippen LogP contribution in [-0.2, 0) is 22.6 Å². The Kier molecular flexibility index (Phi) is 6.03. The van der Waals surface area contributed by atoms with Crippen molar-refractivity contribution < 1.29 is 14.3 Å². The Morgan fingerprint density at radius 2 is 2.28 bits per heavy atom. The second-order valence-electron chi connectivity index (χ2n) is 6.00. The van der Waals surface area contributed by atoms with E-state index in [4.69, 9.17) is 9.47 Å². The molecule has 1 unspecified atom stereocenters. The summed E-state index contributed by atoms with van der Waals surface area (Å²) in [6, 6.07) is 7.30. The number of nitrogens with zero attached hydrogens (tertiary/aromatic N) is 2. The summed E-state index contributed by atoms with van der Waals surface area (Å²) in [6.07, 6.45) is 5.82. The predicted molar refractivity (Wildman–Crippen MR) is 95.6 cm³/mol. The molecule has 7 nitrogen and oxygen atoms in total. The van der Waals surface area contributed by atoms with Gasteiger partial charge in [0.1, 0.15) is 0 Å². The van der Waals surface area contributed by atoms with E-state index >= 15 is 0 Å². The lowest BCUT2D eigenvalue weighted by Crippen LogP contribution is -2.19. The van der Waals surface area contributed by atoms with E-state index in [0.29, 0.717) is 25.4 Å². The molecule has 0 bridgehead atoms. The van der Waals surface area contributed by atoms with Gasteiger partial charge in [0.25, 0.3) is 0 Å². The molecule has 1 aromatic heterocycles. The summed E-state index contributed by atoms with van der Waals surface area (Å²) in [4.78, 5) is 12.1. The molecule has 2 amide bonds. The number of carbonyl (C=O) groups is 1. The van der Waals surface area contributed by atoms with Crippen LogP contribution in [0.2, 0.25) is 0 Å². The van der Waals surface area contributed by atoms with Crippen molar-refractivity contribution in [2.24, 2.45) is 0 Å². The van der Waals surface area contributed by atoms with Gasteiger partial charge in [-0.25, -0.2) is 4.79 Å². The standard InChI is InChI=1S/C18H24N4O3/c1-2-24-13-14-5-3-6-15(9-14)20-18(23)21-16-10-19-22(11-16)12-17-7-4-8-25-17/h3,5-6,9-11,17H,2,4,7-8,12-13H2,1H3,(H2,20,21,23). The summed E-state index contributed by atoms with van der Waals surface area (Å²) in [5, 5.41) is 9.88. The number of rotatable bonds is 7. The Hall–Kier alpha value is -2.38. The van der Waals surface area contributed by atoms with Gasteiger partial charge >= 0.3 is 6.03 Å². The number of ether oxygens (including phenoxy) is 2. The van der Waals surface area contributed by atoms with E-state index in [-0.39, 0.29) is 12.1 Å². The van der Waals surface area contributed by atoms with E-state index in [9.17, 15) is 4.79 Å². The fourth-order valence-electron chi connectivity index (χ4n) is 2.78. The minimum Gasteiger partial charge on any atom is -0.377 e. The van der Waals surface area contributed by atoms with Crippen LogP contribution in [0.3, 0.4) is 0 Å². The van der Waals surface area contributed by atoms with Gasteiger partial charge in [-0.1, -0.05) is 12.1 Å². The summed E-state index contributed by atoms with van der Waals surface area (Å²) < 4.78 is 12.8. The monoisotopic (exact) mass is 344 g/mol. The third-order valence-corrected chi connectivity index (χ3v) is 3.96. The highest BCUT2D eigenvalue weighted by Crippen LogP contribution is 2.16. The van der Waals surface area contributed by atoms with Crippen LogP contribution in [-0.4, -0.2) is 35.1 Å². The number of amides is 2. The molecule has 25 heavy (non-hydrogen) atoms. The van der Waals surface area contributed by atoms with Gasteiger partial charge in [0, 0.05) is 25.1 Å². The number of nitrogens with one attached hydrogen (secondary N) is 2. The normalized spacial score (nSPS) is 16.8. The minimum absolute atomic E-state index is 0.217. The lowest BCUT2D eigenvalue weighted by Gasteiger charge is -2.09. The number of carbonyl (C=O) groups excluding carboxylic acids is 1. The first-order chi connectivity index (χ1) is 12.2. The molecule has 1 aliphatic rings. The number of anilines is 2. The van der Waals surface area contributed by atoms with Crippen molar-refractivity contribution in [1.82, 2.24) is 9.78 Å². The molecule has 2 N–H and O–H groups in total. The molecule has 3 rings (SSSR count). The summed E-state index contributed by atoms with van der Waals surface area (Å²) in [7, 11) is 0. The highest BCUT2D eigenvalue weighted by Gasteiger charge is 2.16. The maximum Gasteiger partial charge on any atom is 0.323 e. The molecule has 134 valence electrons. The summed E-state index contributed by atoms with van der Waals surface area (Å²) in [5.74, 6) is 0. The molecule has 0 radical (unpaired) electrons. The first-order valence-corrected chi connectivity index (χ1v) is 8.61. The van der Waals surface area contributed by atoms with Crippen molar-refractivity contribution >= 4 is 17.4 Å². The van der Waals surface area contributed by atoms with E-state index in [1.165, 1.54) is 0 Å². The molecule has 0 aliphatic carbocycles. The Morgan fingerprint density at radius 1 is 1.40 bits per heavy atom. The lowest BCUT2D eigenvalue weighted by atomic mass is 10.2. The van der Waals surface area contributed by atoms with Crippen molar-refractivity contribution in [1.29, 1.82) is 0 Å². The van der Waals surface area contributed by atoms with Gasteiger partial charge in [0.05, 0.1) is 31.1 Å². The van der Waals surface area contributed by atoms with E-state index in [2.05, 4.69) is 15.7 Å². The number of aromatic nitrogens is 2. The average Bonchev–Trinajstić information content (AvgIpc) is 3.26. The van der Waals surface area contributed by atoms with Crippen LogP contribution in [0.5, 0.6) is 0 Å². The van der Waals surface area contributed by atoms with Crippen molar-refractivity contribution in [2.75, 3.05) is 23.8 Å². The van der Waals surface area contributed by atoms with Gasteiger partial charge in [0.15, 0.2) is 0 Å². The Labute approximate surface area is 147 Å². The zero-order valence-electron chi connectivity index (χ0n) is 14.4. The van der Waals surface area contributed by atoms with Gasteiger partial charge in [-0.15, -0.1) is 0 Å². The fraction of sp³-hybridized carbons (Fsp3) is 0.444. The first kappa shape index (κ1) is 17.4. The van der Waals surface area contributed by atoms with Gasteiger partial charge in [-0.05, 0) is 37.5 Å². The molecule has 1 aliphatic heterocycles. The first-order valence-electron chi connectivity index (χ1n) is 8.61. The highest BCUT2D eigenvalue weighted by atomic mass is 16.5. The van der Waals surface area contributed by atoms with Gasteiger partial charge < -0.3 is 20.1 Å². The smallest absolute Gasteiger partial charge is 0.323 e. The molecule has 0 saturated carbocycles. The van der Waals surface area contributed by atoms with Crippen LogP contribution in [0.1, 0.15) is 25.3 Å². The SMILES string of the molecule is CCOCc1cccc(NC(=O)Nc2cnn(CC3CCCO3)c2)c1. The molecule has 1 fully saturated rings. The highest BCUT2D eigenvalue weighted by molar-refractivity contribution is 5.99. The molecule has 1 atom stereocenters. The Bertz CT molecular complexity index is 695. The quantitative estimate of drug-likeness (QED) is 0.808. The second-order valence-corrected chi connectivity index (χ2v) is 6.00. The van der Waals surface area contributed by atoms with Crippen LogP contribution in [0.25, 0.3) is 0 Å². The van der Waals surface area contributed by atoms with Crippen LogP contribution < -0.4 is 10.6 Å². The van der Waals surface area contributed by atoms with E-state index in [1.54, 1.807) is 10.9 Å². The zero-order valence-corrected chi connectivity index (χ0v) is 14.4. The fourth-order valence-corrected chi connectivity index (χ4v) is 2.78. The lowest BCUT2D eigenvalue weighted by molar-refractivity contribution is 0.0940.